The molecule has 0 amide bonds. The highest BCUT2D eigenvalue weighted by Crippen LogP contribution is 2.32. The maximum Gasteiger partial charge on any atom is 0.252 e. The number of hydrogen-bond acceptors (Lipinski definition) is 4. The summed E-state index contributed by atoms with van der Waals surface area (Å²) in [5.41, 5.74) is 1.90. The molecule has 0 radical (unpaired) electrons. The van der Waals surface area contributed by atoms with Crippen molar-refractivity contribution in [3.63, 3.8) is 0 Å². The summed E-state index contributed by atoms with van der Waals surface area (Å²) in [5, 5.41) is 12.6. The minimum atomic E-state index is -0.127. The number of benzene rings is 1. The molecule has 0 atom stereocenters. The number of aromatic nitrogens is 1. The molecule has 0 saturated carbocycles. The van der Waals surface area contributed by atoms with Gasteiger partial charge in [0.15, 0.2) is 5.76 Å². The Morgan fingerprint density at radius 2 is 2.19 bits per heavy atom. The van der Waals surface area contributed by atoms with Crippen molar-refractivity contribution < 1.29 is 14.4 Å². The Balaban J connectivity index is 2.47. The summed E-state index contributed by atoms with van der Waals surface area (Å²) >= 11 is 0. The number of aromatic hydroxyl groups is 1. The van der Waals surface area contributed by atoms with E-state index in [9.17, 15) is 0 Å². The van der Waals surface area contributed by atoms with Crippen LogP contribution in [0.4, 0.5) is 0 Å². The molecule has 0 saturated heterocycles. The third kappa shape index (κ3) is 2.00. The molecule has 1 aromatic carbocycles. The first-order chi connectivity index (χ1) is 7.70. The summed E-state index contributed by atoms with van der Waals surface area (Å²) in [6.07, 6.45) is 0. The molecule has 4 heteroatoms. The first-order valence-corrected chi connectivity index (χ1v) is 5.10. The van der Waals surface area contributed by atoms with Crippen LogP contribution in [0.25, 0.3) is 11.3 Å². The maximum absolute atomic E-state index is 9.14. The molecule has 84 valence electrons. The predicted molar refractivity (Wildman–Crippen MR) is 59.5 cm³/mol. The zero-order valence-corrected chi connectivity index (χ0v) is 9.23. The van der Waals surface area contributed by atoms with E-state index in [2.05, 4.69) is 5.16 Å². The van der Waals surface area contributed by atoms with Gasteiger partial charge in [0.1, 0.15) is 5.75 Å². The lowest BCUT2D eigenvalue weighted by Crippen LogP contribution is -1.94. The van der Waals surface area contributed by atoms with Crippen LogP contribution in [0.5, 0.6) is 11.6 Å². The second kappa shape index (κ2) is 4.26. The first-order valence-electron chi connectivity index (χ1n) is 5.10. The van der Waals surface area contributed by atoms with Crippen LogP contribution in [-0.2, 0) is 0 Å². The second-order valence-corrected chi connectivity index (χ2v) is 3.48. The van der Waals surface area contributed by atoms with E-state index in [4.69, 9.17) is 14.4 Å². The van der Waals surface area contributed by atoms with Gasteiger partial charge in [-0.05, 0) is 36.7 Å². The van der Waals surface area contributed by atoms with Crippen LogP contribution in [0.2, 0.25) is 0 Å². The molecule has 0 bridgehead atoms. The zero-order chi connectivity index (χ0) is 11.5. The fourth-order valence-corrected chi connectivity index (χ4v) is 1.50. The highest BCUT2D eigenvalue weighted by molar-refractivity contribution is 5.66. The smallest absolute Gasteiger partial charge is 0.252 e. The van der Waals surface area contributed by atoms with Gasteiger partial charge in [-0.1, -0.05) is 6.07 Å². The van der Waals surface area contributed by atoms with Gasteiger partial charge in [-0.25, -0.2) is 0 Å². The van der Waals surface area contributed by atoms with Crippen LogP contribution in [0.15, 0.2) is 28.8 Å². The van der Waals surface area contributed by atoms with Crippen molar-refractivity contribution in [2.75, 3.05) is 6.61 Å². The molecule has 1 heterocycles. The minimum absolute atomic E-state index is 0.127. The summed E-state index contributed by atoms with van der Waals surface area (Å²) in [5.74, 6) is 1.11. The molecule has 0 fully saturated rings. The summed E-state index contributed by atoms with van der Waals surface area (Å²) in [6.45, 7) is 4.49. The monoisotopic (exact) mass is 219 g/mol. The topological polar surface area (TPSA) is 55.5 Å². The third-order valence-electron chi connectivity index (χ3n) is 2.20. The van der Waals surface area contributed by atoms with Crippen molar-refractivity contribution in [1.82, 2.24) is 5.16 Å². The SMILES string of the molecule is CCOc1cc(C)ccc1-c1cc(O)no1. The average molecular weight is 219 g/mol. The van der Waals surface area contributed by atoms with E-state index in [0.717, 1.165) is 16.9 Å². The van der Waals surface area contributed by atoms with Gasteiger partial charge in [-0.3, -0.25) is 0 Å². The molecule has 1 aromatic heterocycles. The van der Waals surface area contributed by atoms with Crippen LogP contribution < -0.4 is 4.74 Å². The van der Waals surface area contributed by atoms with Crippen LogP contribution in [0.1, 0.15) is 12.5 Å². The van der Waals surface area contributed by atoms with E-state index in [0.29, 0.717) is 12.4 Å². The van der Waals surface area contributed by atoms with Crippen molar-refractivity contribution in [2.24, 2.45) is 0 Å². The van der Waals surface area contributed by atoms with Crippen LogP contribution in [0.3, 0.4) is 0 Å². The highest BCUT2D eigenvalue weighted by Gasteiger charge is 2.11. The Bertz CT molecular complexity index is 491. The van der Waals surface area contributed by atoms with Crippen molar-refractivity contribution in [2.45, 2.75) is 13.8 Å². The molecule has 2 rings (SSSR count). The lowest BCUT2D eigenvalue weighted by atomic mass is 10.1. The molecule has 0 aliphatic rings. The van der Waals surface area contributed by atoms with Crippen molar-refractivity contribution in [1.29, 1.82) is 0 Å². The largest absolute Gasteiger partial charge is 0.493 e. The molecule has 0 aliphatic heterocycles. The standard InChI is InChI=1S/C12H13NO3/c1-3-15-10-6-8(2)4-5-9(10)11-7-12(14)13-16-11/h4-7H,3H2,1-2H3,(H,13,14). The fourth-order valence-electron chi connectivity index (χ4n) is 1.50. The zero-order valence-electron chi connectivity index (χ0n) is 9.23. The second-order valence-electron chi connectivity index (χ2n) is 3.48. The van der Waals surface area contributed by atoms with Gasteiger partial charge in [0.2, 0.25) is 0 Å². The Labute approximate surface area is 93.5 Å². The van der Waals surface area contributed by atoms with E-state index in [1.165, 1.54) is 6.07 Å². The van der Waals surface area contributed by atoms with Gasteiger partial charge >= 0.3 is 0 Å². The molecule has 2 aromatic rings. The van der Waals surface area contributed by atoms with Gasteiger partial charge in [-0.15, -0.1) is 0 Å². The molecular formula is C12H13NO3. The first kappa shape index (κ1) is 10.5. The van der Waals surface area contributed by atoms with Gasteiger partial charge in [0.05, 0.1) is 12.2 Å². The molecule has 0 unspecified atom stereocenters. The average Bonchev–Trinajstić information content (AvgIpc) is 2.65. The minimum Gasteiger partial charge on any atom is -0.493 e. The van der Waals surface area contributed by atoms with Crippen LogP contribution >= 0.6 is 0 Å². The fraction of sp³-hybridized carbons (Fsp3) is 0.250. The van der Waals surface area contributed by atoms with Crippen molar-refractivity contribution in [3.8, 4) is 23.0 Å². The number of aryl methyl sites for hydroxylation is 1. The summed E-state index contributed by atoms with van der Waals surface area (Å²) < 4.78 is 10.5. The van der Waals surface area contributed by atoms with Gasteiger partial charge < -0.3 is 14.4 Å². The van der Waals surface area contributed by atoms with E-state index < -0.39 is 0 Å². The van der Waals surface area contributed by atoms with E-state index in [1.807, 2.05) is 32.0 Å². The third-order valence-corrected chi connectivity index (χ3v) is 2.20. The lowest BCUT2D eigenvalue weighted by Gasteiger charge is -2.08. The van der Waals surface area contributed by atoms with Crippen molar-refractivity contribution in [3.05, 3.63) is 29.8 Å². The molecule has 16 heavy (non-hydrogen) atoms. The lowest BCUT2D eigenvalue weighted by molar-refractivity contribution is 0.337. The Morgan fingerprint density at radius 3 is 2.81 bits per heavy atom. The molecule has 4 nitrogen and oxygen atoms in total. The number of rotatable bonds is 3. The number of ether oxygens (including phenoxy) is 1. The van der Waals surface area contributed by atoms with E-state index in [1.54, 1.807) is 0 Å². The van der Waals surface area contributed by atoms with E-state index in [-0.39, 0.29) is 5.88 Å². The quantitative estimate of drug-likeness (QED) is 0.862. The van der Waals surface area contributed by atoms with Crippen LogP contribution in [-0.4, -0.2) is 16.9 Å². The van der Waals surface area contributed by atoms with Gasteiger partial charge in [0, 0.05) is 6.07 Å². The summed E-state index contributed by atoms with van der Waals surface area (Å²) in [6, 6.07) is 7.24. The van der Waals surface area contributed by atoms with Gasteiger partial charge in [0.25, 0.3) is 5.88 Å². The molecule has 1 N–H and O–H groups in total. The van der Waals surface area contributed by atoms with Gasteiger partial charge in [-0.2, -0.15) is 0 Å². The predicted octanol–water partition coefficient (Wildman–Crippen LogP) is 2.75. The Kier molecular flexibility index (Phi) is 2.81. The van der Waals surface area contributed by atoms with Crippen LogP contribution in [0, 0.1) is 6.92 Å². The number of hydrogen-bond donors (Lipinski definition) is 1. The molecular weight excluding hydrogens is 206 g/mol. The summed E-state index contributed by atoms with van der Waals surface area (Å²) in [7, 11) is 0. The highest BCUT2D eigenvalue weighted by atomic mass is 16.5. The molecule has 0 aliphatic carbocycles. The summed E-state index contributed by atoms with van der Waals surface area (Å²) in [4.78, 5) is 0. The Hall–Kier alpha value is -1.97. The molecule has 0 spiro atoms. The number of nitrogens with zero attached hydrogens (tertiary/aromatic N) is 1. The van der Waals surface area contributed by atoms with E-state index >= 15 is 0 Å². The normalized spacial score (nSPS) is 10.4. The maximum atomic E-state index is 9.14. The van der Waals surface area contributed by atoms with Crippen molar-refractivity contribution >= 4 is 0 Å². The Morgan fingerprint density at radius 1 is 1.38 bits per heavy atom.